The first kappa shape index (κ1) is 6.95. The highest BCUT2D eigenvalue weighted by molar-refractivity contribution is 4.97. The average Bonchev–Trinajstić information content (AvgIpc) is 1.87. The number of aliphatic hydroxyl groups is 3. The summed E-state index contributed by atoms with van der Waals surface area (Å²) in [4.78, 5) is 0. The molecule has 0 aromatic rings. The second-order valence-corrected chi connectivity index (χ2v) is 2.24. The first-order valence-corrected chi connectivity index (χ1v) is 2.95. The lowest BCUT2D eigenvalue weighted by Crippen LogP contribution is -2.68. The molecule has 1 heterocycles. The molecule has 1 rings (SSSR count). The van der Waals surface area contributed by atoms with Crippen molar-refractivity contribution in [3.8, 4) is 0 Å². The summed E-state index contributed by atoms with van der Waals surface area (Å²) in [6, 6.07) is -0.468. The molecule has 0 saturated carbocycles. The molecule has 0 aliphatic carbocycles. The van der Waals surface area contributed by atoms with Crippen molar-refractivity contribution in [2.45, 2.75) is 18.2 Å². The zero-order valence-corrected chi connectivity index (χ0v) is 4.99. The van der Waals surface area contributed by atoms with E-state index in [-0.39, 0.29) is 25.3 Å². The Morgan fingerprint density at radius 3 is 1.78 bits per heavy atom. The normalized spacial score (nSPS) is 42.3. The zero-order valence-electron chi connectivity index (χ0n) is 4.99. The van der Waals surface area contributed by atoms with E-state index in [0.717, 1.165) is 0 Å². The van der Waals surface area contributed by atoms with E-state index in [9.17, 15) is 0 Å². The van der Waals surface area contributed by atoms with Crippen molar-refractivity contribution in [1.82, 2.24) is 5.32 Å². The second-order valence-electron chi connectivity index (χ2n) is 2.24. The molecule has 4 nitrogen and oxygen atoms in total. The summed E-state index contributed by atoms with van der Waals surface area (Å²) >= 11 is 0. The fourth-order valence-electron chi connectivity index (χ4n) is 0.955. The van der Waals surface area contributed by atoms with E-state index in [4.69, 9.17) is 15.3 Å². The monoisotopic (exact) mass is 133 g/mol. The molecule has 4 N–H and O–H groups in total. The smallest absolute Gasteiger partial charge is 0.0890 e. The van der Waals surface area contributed by atoms with Gasteiger partial charge < -0.3 is 20.6 Å². The predicted molar refractivity (Wildman–Crippen MR) is 30.9 cm³/mol. The third kappa shape index (κ3) is 1.07. The lowest BCUT2D eigenvalue weighted by molar-refractivity contribution is -0.0348. The van der Waals surface area contributed by atoms with Gasteiger partial charge in [0.25, 0.3) is 0 Å². The second kappa shape index (κ2) is 2.62. The summed E-state index contributed by atoms with van der Waals surface area (Å²) in [5.74, 6) is 0. The molecule has 0 aromatic carbocycles. The van der Waals surface area contributed by atoms with Gasteiger partial charge in [-0.15, -0.1) is 0 Å². The van der Waals surface area contributed by atoms with Gasteiger partial charge in [0.05, 0.1) is 31.4 Å². The van der Waals surface area contributed by atoms with Gasteiger partial charge in [0, 0.05) is 0 Å². The Morgan fingerprint density at radius 1 is 1.11 bits per heavy atom. The van der Waals surface area contributed by atoms with Crippen molar-refractivity contribution in [3.63, 3.8) is 0 Å². The van der Waals surface area contributed by atoms with Crippen LogP contribution in [0.3, 0.4) is 0 Å². The minimum absolute atomic E-state index is 0.0718. The van der Waals surface area contributed by atoms with Crippen LogP contribution in [0.25, 0.3) is 0 Å². The Kier molecular flexibility index (Phi) is 2.02. The third-order valence-electron chi connectivity index (χ3n) is 1.65. The maximum atomic E-state index is 8.98. The number of hydrogen-bond donors (Lipinski definition) is 4. The quantitative estimate of drug-likeness (QED) is 0.341. The van der Waals surface area contributed by atoms with Crippen molar-refractivity contribution in [2.75, 3.05) is 13.2 Å². The Hall–Kier alpha value is -0.160. The number of aliphatic hydroxyl groups excluding tert-OH is 3. The molecular weight excluding hydrogens is 122 g/mol. The van der Waals surface area contributed by atoms with Crippen molar-refractivity contribution in [3.05, 3.63) is 0 Å². The van der Waals surface area contributed by atoms with E-state index in [2.05, 4.69) is 5.32 Å². The molecule has 0 spiro atoms. The molecule has 1 aliphatic heterocycles. The fourth-order valence-corrected chi connectivity index (χ4v) is 0.955. The largest absolute Gasteiger partial charge is 0.395 e. The van der Waals surface area contributed by atoms with E-state index >= 15 is 0 Å². The van der Waals surface area contributed by atoms with Gasteiger partial charge >= 0.3 is 0 Å². The number of nitrogens with one attached hydrogen (secondary N) is 1. The van der Waals surface area contributed by atoms with Crippen LogP contribution >= 0.6 is 0 Å². The van der Waals surface area contributed by atoms with Gasteiger partial charge in [-0.25, -0.2) is 0 Å². The highest BCUT2D eigenvalue weighted by Crippen LogP contribution is 2.10. The van der Waals surface area contributed by atoms with Crippen LogP contribution in [-0.4, -0.2) is 46.7 Å². The van der Waals surface area contributed by atoms with Gasteiger partial charge in [0.15, 0.2) is 0 Å². The van der Waals surface area contributed by atoms with Gasteiger partial charge in [-0.3, -0.25) is 0 Å². The molecule has 1 aliphatic rings. The fraction of sp³-hybridized carbons (Fsp3) is 1.00. The standard InChI is InChI=1S/C5H11NO3/c7-1-3-5(9)4(2-8)6-3/h3-9H,1-2H2/t3-,4+,5?. The Labute approximate surface area is 53.1 Å². The summed E-state index contributed by atoms with van der Waals surface area (Å²) in [6.07, 6.45) is -0.583. The van der Waals surface area contributed by atoms with Gasteiger partial charge in [-0.1, -0.05) is 0 Å². The molecule has 3 atom stereocenters. The van der Waals surface area contributed by atoms with Gasteiger partial charge in [0.1, 0.15) is 0 Å². The van der Waals surface area contributed by atoms with Crippen LogP contribution in [0.2, 0.25) is 0 Å². The first-order valence-electron chi connectivity index (χ1n) is 2.95. The molecular formula is C5H11NO3. The lowest BCUT2D eigenvalue weighted by atomic mass is 9.94. The highest BCUT2D eigenvalue weighted by Gasteiger charge is 2.37. The van der Waals surface area contributed by atoms with E-state index in [1.807, 2.05) is 0 Å². The summed E-state index contributed by atoms with van der Waals surface area (Å²) in [6.45, 7) is -0.144. The van der Waals surface area contributed by atoms with E-state index in [0.29, 0.717) is 0 Å². The van der Waals surface area contributed by atoms with Gasteiger partial charge in [0.2, 0.25) is 0 Å². The van der Waals surface area contributed by atoms with E-state index in [1.165, 1.54) is 0 Å². The maximum absolute atomic E-state index is 8.98. The summed E-state index contributed by atoms with van der Waals surface area (Å²) in [5, 5.41) is 28.7. The van der Waals surface area contributed by atoms with Crippen molar-refractivity contribution in [1.29, 1.82) is 0 Å². The molecule has 0 amide bonds. The predicted octanol–water partition coefficient (Wildman–Crippen LogP) is -2.33. The lowest BCUT2D eigenvalue weighted by Gasteiger charge is -2.40. The molecule has 0 bridgehead atoms. The topological polar surface area (TPSA) is 72.7 Å². The molecule has 4 heteroatoms. The average molecular weight is 133 g/mol. The summed E-state index contributed by atoms with van der Waals surface area (Å²) in [5.41, 5.74) is 0. The van der Waals surface area contributed by atoms with E-state index < -0.39 is 6.10 Å². The van der Waals surface area contributed by atoms with Crippen LogP contribution < -0.4 is 5.32 Å². The minimum Gasteiger partial charge on any atom is -0.395 e. The van der Waals surface area contributed by atoms with Crippen molar-refractivity contribution >= 4 is 0 Å². The van der Waals surface area contributed by atoms with Crippen LogP contribution in [0.1, 0.15) is 0 Å². The molecule has 54 valence electrons. The summed E-state index contributed by atoms with van der Waals surface area (Å²) in [7, 11) is 0. The third-order valence-corrected chi connectivity index (χ3v) is 1.65. The number of hydrogen-bond acceptors (Lipinski definition) is 4. The van der Waals surface area contributed by atoms with Crippen LogP contribution in [-0.2, 0) is 0 Å². The van der Waals surface area contributed by atoms with Crippen LogP contribution in [0.15, 0.2) is 0 Å². The first-order chi connectivity index (χ1) is 4.29. The summed E-state index contributed by atoms with van der Waals surface area (Å²) < 4.78 is 0. The van der Waals surface area contributed by atoms with Crippen molar-refractivity contribution < 1.29 is 15.3 Å². The zero-order chi connectivity index (χ0) is 6.85. The Bertz CT molecular complexity index is 88.2. The minimum atomic E-state index is -0.583. The van der Waals surface area contributed by atoms with Crippen LogP contribution in [0.5, 0.6) is 0 Å². The van der Waals surface area contributed by atoms with Crippen molar-refractivity contribution in [2.24, 2.45) is 0 Å². The number of rotatable bonds is 2. The molecule has 1 fully saturated rings. The Balaban J connectivity index is 2.24. The highest BCUT2D eigenvalue weighted by atomic mass is 16.3. The maximum Gasteiger partial charge on any atom is 0.0890 e. The Morgan fingerprint density at radius 2 is 1.56 bits per heavy atom. The molecule has 9 heavy (non-hydrogen) atoms. The van der Waals surface area contributed by atoms with Crippen LogP contribution in [0.4, 0.5) is 0 Å². The SMILES string of the molecule is OC[C@@H]1N[C@H](CO)C1O. The molecule has 1 saturated heterocycles. The molecule has 0 radical (unpaired) electrons. The van der Waals surface area contributed by atoms with Gasteiger partial charge in [-0.2, -0.15) is 0 Å². The van der Waals surface area contributed by atoms with Gasteiger partial charge in [-0.05, 0) is 0 Å². The molecule has 1 unspecified atom stereocenters. The van der Waals surface area contributed by atoms with E-state index in [1.54, 1.807) is 0 Å². The molecule has 0 aromatic heterocycles. The van der Waals surface area contributed by atoms with Crippen LogP contribution in [0, 0.1) is 0 Å².